The number of hydrogen-bond donors (Lipinski definition) is 2. The van der Waals surface area contributed by atoms with Crippen LogP contribution in [0.3, 0.4) is 0 Å². The standard InChI is InChI=1S/C24H27F3N2O4/c1-3-16-8-5-9-17(4-2)23(16)29-21(31)15-33-22(32)13-7-12-20(30)28-19-11-6-10-18(14-19)24(25,26)27/h5-6,8-11,14H,3-4,7,12-13,15H2,1-2H3,(H,28,30)(H,29,31). The minimum absolute atomic E-state index is 0.0212. The van der Waals surface area contributed by atoms with Crippen LogP contribution in [0.5, 0.6) is 0 Å². The number of nitrogens with one attached hydrogen (secondary N) is 2. The quantitative estimate of drug-likeness (QED) is 0.478. The minimum Gasteiger partial charge on any atom is -0.456 e. The fraction of sp³-hybridized carbons (Fsp3) is 0.375. The fourth-order valence-corrected chi connectivity index (χ4v) is 3.19. The zero-order valence-corrected chi connectivity index (χ0v) is 18.6. The van der Waals surface area contributed by atoms with E-state index in [1.54, 1.807) is 0 Å². The highest BCUT2D eigenvalue weighted by molar-refractivity contribution is 5.94. The zero-order chi connectivity index (χ0) is 24.4. The molecule has 0 aliphatic heterocycles. The second-order valence-electron chi connectivity index (χ2n) is 7.35. The van der Waals surface area contributed by atoms with Crippen LogP contribution >= 0.6 is 0 Å². The highest BCUT2D eigenvalue weighted by atomic mass is 19.4. The van der Waals surface area contributed by atoms with Gasteiger partial charge in [-0.1, -0.05) is 38.1 Å². The number of esters is 1. The Bertz CT molecular complexity index is 968. The van der Waals surface area contributed by atoms with E-state index in [9.17, 15) is 27.6 Å². The molecule has 0 spiro atoms. The summed E-state index contributed by atoms with van der Waals surface area (Å²) in [6.45, 7) is 3.51. The van der Waals surface area contributed by atoms with Crippen LogP contribution in [0.1, 0.15) is 49.8 Å². The number of halogens is 3. The third-order valence-corrected chi connectivity index (χ3v) is 4.89. The molecule has 2 aromatic carbocycles. The molecule has 0 unspecified atom stereocenters. The average molecular weight is 464 g/mol. The SMILES string of the molecule is CCc1cccc(CC)c1NC(=O)COC(=O)CCCC(=O)Nc1cccc(C(F)(F)F)c1. The maximum atomic E-state index is 12.7. The van der Waals surface area contributed by atoms with Crippen molar-refractivity contribution in [1.29, 1.82) is 0 Å². The molecular formula is C24H27F3N2O4. The van der Waals surface area contributed by atoms with Gasteiger partial charge in [0.25, 0.3) is 5.91 Å². The van der Waals surface area contributed by atoms with Crippen LogP contribution in [0.2, 0.25) is 0 Å². The van der Waals surface area contributed by atoms with Crippen LogP contribution in [-0.2, 0) is 38.1 Å². The van der Waals surface area contributed by atoms with Gasteiger partial charge in [-0.05, 0) is 48.6 Å². The predicted octanol–water partition coefficient (Wildman–Crippen LogP) is 5.12. The monoisotopic (exact) mass is 464 g/mol. The second-order valence-corrected chi connectivity index (χ2v) is 7.35. The lowest BCUT2D eigenvalue weighted by Gasteiger charge is -2.14. The molecule has 0 aliphatic carbocycles. The van der Waals surface area contributed by atoms with E-state index >= 15 is 0 Å². The topological polar surface area (TPSA) is 84.5 Å². The molecule has 2 N–H and O–H groups in total. The Morgan fingerprint density at radius 2 is 1.52 bits per heavy atom. The van der Waals surface area contributed by atoms with Crippen LogP contribution in [0.15, 0.2) is 42.5 Å². The molecule has 2 rings (SSSR count). The highest BCUT2D eigenvalue weighted by Crippen LogP contribution is 2.30. The molecule has 0 aromatic heterocycles. The minimum atomic E-state index is -4.51. The van der Waals surface area contributed by atoms with Gasteiger partial charge in [0.2, 0.25) is 5.91 Å². The van der Waals surface area contributed by atoms with Crippen LogP contribution in [0.4, 0.5) is 24.5 Å². The Hall–Kier alpha value is -3.36. The summed E-state index contributed by atoms with van der Waals surface area (Å²) in [4.78, 5) is 36.0. The summed E-state index contributed by atoms with van der Waals surface area (Å²) in [5, 5.41) is 5.16. The van der Waals surface area contributed by atoms with Gasteiger partial charge in [-0.3, -0.25) is 14.4 Å². The van der Waals surface area contributed by atoms with Gasteiger partial charge < -0.3 is 15.4 Å². The van der Waals surface area contributed by atoms with Crippen molar-refractivity contribution in [2.75, 3.05) is 17.2 Å². The summed E-state index contributed by atoms with van der Waals surface area (Å²) in [6.07, 6.45) is -3.08. The first-order valence-electron chi connectivity index (χ1n) is 10.7. The number of alkyl halides is 3. The number of benzene rings is 2. The second kappa shape index (κ2) is 12.0. The maximum Gasteiger partial charge on any atom is 0.416 e. The highest BCUT2D eigenvalue weighted by Gasteiger charge is 2.30. The van der Waals surface area contributed by atoms with E-state index in [1.165, 1.54) is 12.1 Å². The number of carbonyl (C=O) groups is 3. The first-order valence-corrected chi connectivity index (χ1v) is 10.7. The smallest absolute Gasteiger partial charge is 0.416 e. The van der Waals surface area contributed by atoms with E-state index < -0.39 is 36.1 Å². The van der Waals surface area contributed by atoms with Gasteiger partial charge in [-0.2, -0.15) is 13.2 Å². The third kappa shape index (κ3) is 8.25. The van der Waals surface area contributed by atoms with Crippen molar-refractivity contribution in [3.63, 3.8) is 0 Å². The van der Waals surface area contributed by atoms with Gasteiger partial charge in [-0.25, -0.2) is 0 Å². The lowest BCUT2D eigenvalue weighted by atomic mass is 10.0. The van der Waals surface area contributed by atoms with Crippen LogP contribution < -0.4 is 10.6 Å². The van der Waals surface area contributed by atoms with Crippen LogP contribution in [0.25, 0.3) is 0 Å². The molecule has 0 radical (unpaired) electrons. The van der Waals surface area contributed by atoms with Crippen molar-refractivity contribution in [3.05, 3.63) is 59.2 Å². The Labute approximate surface area is 190 Å². The Kier molecular flexibility index (Phi) is 9.44. The van der Waals surface area contributed by atoms with Gasteiger partial charge >= 0.3 is 12.1 Å². The van der Waals surface area contributed by atoms with Crippen molar-refractivity contribution in [3.8, 4) is 0 Å². The fourth-order valence-electron chi connectivity index (χ4n) is 3.19. The van der Waals surface area contributed by atoms with Gasteiger partial charge in [0, 0.05) is 24.2 Å². The number of anilines is 2. The zero-order valence-electron chi connectivity index (χ0n) is 18.6. The van der Waals surface area contributed by atoms with Gasteiger partial charge in [0.1, 0.15) is 0 Å². The summed E-state index contributed by atoms with van der Waals surface area (Å²) in [7, 11) is 0. The predicted molar refractivity (Wildman–Crippen MR) is 119 cm³/mol. The molecule has 0 saturated heterocycles. The Morgan fingerprint density at radius 3 is 2.12 bits per heavy atom. The molecule has 0 aliphatic rings. The summed E-state index contributed by atoms with van der Waals surface area (Å²) >= 11 is 0. The molecule has 0 bridgehead atoms. The number of ether oxygens (including phenoxy) is 1. The largest absolute Gasteiger partial charge is 0.456 e. The number of aryl methyl sites for hydroxylation is 2. The van der Waals surface area contributed by atoms with E-state index in [-0.39, 0.29) is 24.9 Å². The number of rotatable bonds is 10. The molecule has 178 valence electrons. The third-order valence-electron chi connectivity index (χ3n) is 4.89. The first kappa shape index (κ1) is 25.9. The van der Waals surface area contributed by atoms with E-state index in [0.717, 1.165) is 41.8 Å². The Balaban J connectivity index is 1.74. The molecule has 0 saturated carbocycles. The number of hydrogen-bond acceptors (Lipinski definition) is 4. The molecule has 2 amide bonds. The van der Waals surface area contributed by atoms with Crippen LogP contribution in [0, 0.1) is 0 Å². The van der Waals surface area contributed by atoms with E-state index in [1.807, 2.05) is 32.0 Å². The molecule has 2 aromatic rings. The van der Waals surface area contributed by atoms with Gasteiger partial charge in [-0.15, -0.1) is 0 Å². The molecule has 0 fully saturated rings. The van der Waals surface area contributed by atoms with Gasteiger partial charge in [0.15, 0.2) is 6.61 Å². The van der Waals surface area contributed by atoms with Crippen molar-refractivity contribution in [1.82, 2.24) is 0 Å². The molecular weight excluding hydrogens is 437 g/mol. The van der Waals surface area contributed by atoms with E-state index in [0.29, 0.717) is 0 Å². The lowest BCUT2D eigenvalue weighted by molar-refractivity contribution is -0.147. The lowest BCUT2D eigenvalue weighted by Crippen LogP contribution is -2.22. The molecule has 33 heavy (non-hydrogen) atoms. The van der Waals surface area contributed by atoms with E-state index in [2.05, 4.69) is 10.6 Å². The average Bonchev–Trinajstić information content (AvgIpc) is 2.77. The summed E-state index contributed by atoms with van der Waals surface area (Å²) in [5.41, 5.74) is 1.86. The van der Waals surface area contributed by atoms with Crippen molar-refractivity contribution >= 4 is 29.2 Å². The molecule has 6 nitrogen and oxygen atoms in total. The van der Waals surface area contributed by atoms with Crippen LogP contribution in [-0.4, -0.2) is 24.4 Å². The summed E-state index contributed by atoms with van der Waals surface area (Å²) in [6, 6.07) is 10.1. The normalized spacial score (nSPS) is 11.1. The number of amides is 2. The number of para-hydroxylation sites is 1. The summed E-state index contributed by atoms with van der Waals surface area (Å²) in [5.74, 6) is -1.62. The van der Waals surface area contributed by atoms with Crippen molar-refractivity contribution in [2.24, 2.45) is 0 Å². The van der Waals surface area contributed by atoms with Crippen molar-refractivity contribution in [2.45, 2.75) is 52.1 Å². The van der Waals surface area contributed by atoms with Gasteiger partial charge in [0.05, 0.1) is 5.56 Å². The Morgan fingerprint density at radius 1 is 0.879 bits per heavy atom. The maximum absolute atomic E-state index is 12.7. The molecule has 9 heteroatoms. The summed E-state index contributed by atoms with van der Waals surface area (Å²) < 4.78 is 43.2. The number of carbonyl (C=O) groups excluding carboxylic acids is 3. The molecule has 0 heterocycles. The first-order chi connectivity index (χ1) is 15.6. The van der Waals surface area contributed by atoms with E-state index in [4.69, 9.17) is 4.74 Å². The molecule has 0 atom stereocenters. The van der Waals surface area contributed by atoms with Crippen molar-refractivity contribution < 1.29 is 32.3 Å².